The summed E-state index contributed by atoms with van der Waals surface area (Å²) in [5.74, 6) is 0. The average Bonchev–Trinajstić information content (AvgIpc) is 3.90. The van der Waals surface area contributed by atoms with Gasteiger partial charge in [-0.25, -0.2) is 4.98 Å². The van der Waals surface area contributed by atoms with Crippen LogP contribution in [0.15, 0.2) is 200 Å². The number of hydrogen-bond acceptors (Lipinski definition) is 1. The van der Waals surface area contributed by atoms with Gasteiger partial charge >= 0.3 is 0 Å². The number of fused-ring (bicyclic) bond motifs is 12. The molecule has 0 fully saturated rings. The molecule has 0 atom stereocenters. The molecule has 11 aromatic rings. The van der Waals surface area contributed by atoms with Crippen molar-refractivity contribution in [3.8, 4) is 56.1 Å². The maximum Gasteiger partial charge on any atom is 0.0795 e. The Morgan fingerprint density at radius 3 is 1.49 bits per heavy atom. The van der Waals surface area contributed by atoms with Gasteiger partial charge in [0.05, 0.1) is 33.5 Å². The summed E-state index contributed by atoms with van der Waals surface area (Å²) in [6.45, 7) is 4.84. The fourth-order valence-electron chi connectivity index (χ4n) is 10.1. The highest BCUT2D eigenvalue weighted by Gasteiger charge is 2.41. The van der Waals surface area contributed by atoms with E-state index in [2.05, 4.69) is 223 Å². The number of aromatic nitrogens is 3. The lowest BCUT2D eigenvalue weighted by Gasteiger charge is -2.23. The Hall–Kier alpha value is -7.49. The molecule has 0 N–H and O–H groups in total. The van der Waals surface area contributed by atoms with Gasteiger partial charge in [-0.2, -0.15) is 0 Å². The zero-order valence-electron chi connectivity index (χ0n) is 32.9. The lowest BCUT2D eigenvalue weighted by molar-refractivity contribution is 0.667. The number of para-hydroxylation sites is 3. The van der Waals surface area contributed by atoms with E-state index >= 15 is 0 Å². The SMILES string of the molecule is CC1(C)c2ccccc2-c2c1c1c3ccccc3n(-c3ccc(-c4cc(-c5ccccc5)nc(-c5ccccc5)c4)cc3)c1c1c2c2ccccc2n1-c1ccccc1. The van der Waals surface area contributed by atoms with Crippen molar-refractivity contribution in [1.29, 1.82) is 0 Å². The zero-order valence-corrected chi connectivity index (χ0v) is 32.9. The van der Waals surface area contributed by atoms with E-state index in [1.807, 2.05) is 0 Å². The standard InChI is InChI=1S/C56H39N3/c1-56(2)45-27-15-12-24-42(45)50-51-43-25-13-16-28-48(43)58(40-22-10-5-11-23-40)54(51)55-52(53(50)56)44-26-14-17-29-49(44)59(55)41-32-30-36(31-33-41)39-34-46(37-18-6-3-7-19-37)57-47(35-39)38-20-8-4-9-21-38/h3-35H,1-2H3. The molecule has 59 heavy (non-hydrogen) atoms. The van der Waals surface area contributed by atoms with Crippen LogP contribution in [0.4, 0.5) is 0 Å². The third-order valence-corrected chi connectivity index (χ3v) is 12.7. The van der Waals surface area contributed by atoms with Gasteiger partial charge in [0.15, 0.2) is 0 Å². The largest absolute Gasteiger partial charge is 0.307 e. The molecule has 3 heterocycles. The third kappa shape index (κ3) is 4.91. The molecular formula is C56H39N3. The van der Waals surface area contributed by atoms with Gasteiger partial charge in [-0.05, 0) is 81.9 Å². The molecule has 8 aromatic carbocycles. The number of rotatable bonds is 5. The van der Waals surface area contributed by atoms with E-state index in [1.165, 1.54) is 65.9 Å². The number of nitrogens with zero attached hydrogens (tertiary/aromatic N) is 3. The van der Waals surface area contributed by atoms with Crippen molar-refractivity contribution in [2.24, 2.45) is 0 Å². The van der Waals surface area contributed by atoms with Crippen LogP contribution in [-0.2, 0) is 5.41 Å². The van der Waals surface area contributed by atoms with Crippen LogP contribution in [0.3, 0.4) is 0 Å². The van der Waals surface area contributed by atoms with E-state index in [4.69, 9.17) is 4.98 Å². The van der Waals surface area contributed by atoms with E-state index in [0.29, 0.717) is 0 Å². The Labute approximate surface area is 343 Å². The molecule has 0 amide bonds. The number of hydrogen-bond donors (Lipinski definition) is 0. The molecule has 0 aliphatic heterocycles. The second-order valence-electron chi connectivity index (χ2n) is 16.3. The van der Waals surface area contributed by atoms with Gasteiger partial charge in [0.25, 0.3) is 0 Å². The molecule has 3 heteroatoms. The number of pyridine rings is 1. The Bertz CT molecular complexity index is 3370. The minimum absolute atomic E-state index is 0.221. The van der Waals surface area contributed by atoms with Gasteiger partial charge in [0.2, 0.25) is 0 Å². The van der Waals surface area contributed by atoms with Crippen molar-refractivity contribution in [3.05, 3.63) is 211 Å². The highest BCUT2D eigenvalue weighted by atomic mass is 15.0. The van der Waals surface area contributed by atoms with Crippen molar-refractivity contribution in [1.82, 2.24) is 14.1 Å². The highest BCUT2D eigenvalue weighted by molar-refractivity contribution is 6.31. The smallest absolute Gasteiger partial charge is 0.0795 e. The Kier molecular flexibility index (Phi) is 7.27. The van der Waals surface area contributed by atoms with Crippen molar-refractivity contribution in [2.75, 3.05) is 0 Å². The predicted octanol–water partition coefficient (Wildman–Crippen LogP) is 14.6. The second-order valence-corrected chi connectivity index (χ2v) is 16.3. The summed E-state index contributed by atoms with van der Waals surface area (Å²) in [4.78, 5) is 5.15. The quantitative estimate of drug-likeness (QED) is 0.172. The zero-order chi connectivity index (χ0) is 39.2. The molecule has 3 nitrogen and oxygen atoms in total. The molecule has 278 valence electrons. The highest BCUT2D eigenvalue weighted by Crippen LogP contribution is 2.58. The summed E-state index contributed by atoms with van der Waals surface area (Å²) in [5, 5.41) is 5.17. The number of benzene rings is 8. The first-order valence-corrected chi connectivity index (χ1v) is 20.5. The van der Waals surface area contributed by atoms with Gasteiger partial charge in [-0.3, -0.25) is 0 Å². The summed E-state index contributed by atoms with van der Waals surface area (Å²) < 4.78 is 5.05. The third-order valence-electron chi connectivity index (χ3n) is 12.7. The van der Waals surface area contributed by atoms with Crippen LogP contribution in [0.1, 0.15) is 25.0 Å². The molecule has 0 saturated carbocycles. The average molecular weight is 754 g/mol. The minimum Gasteiger partial charge on any atom is -0.307 e. The van der Waals surface area contributed by atoms with Crippen LogP contribution < -0.4 is 0 Å². The maximum atomic E-state index is 5.15. The van der Waals surface area contributed by atoms with Crippen molar-refractivity contribution in [3.63, 3.8) is 0 Å². The van der Waals surface area contributed by atoms with Crippen molar-refractivity contribution >= 4 is 43.6 Å². The lowest BCUT2D eigenvalue weighted by atomic mass is 9.80. The molecule has 0 spiro atoms. The fourth-order valence-corrected chi connectivity index (χ4v) is 10.1. The van der Waals surface area contributed by atoms with Crippen LogP contribution in [0.2, 0.25) is 0 Å². The van der Waals surface area contributed by atoms with E-state index < -0.39 is 0 Å². The van der Waals surface area contributed by atoms with Gasteiger partial charge in [0, 0.05) is 49.5 Å². The molecular weight excluding hydrogens is 715 g/mol. The predicted molar refractivity (Wildman–Crippen MR) is 247 cm³/mol. The molecule has 0 radical (unpaired) electrons. The molecule has 3 aromatic heterocycles. The molecule has 0 saturated heterocycles. The minimum atomic E-state index is -0.221. The topological polar surface area (TPSA) is 22.8 Å². The van der Waals surface area contributed by atoms with Crippen LogP contribution in [0.25, 0.3) is 99.8 Å². The maximum absolute atomic E-state index is 5.15. The summed E-state index contributed by atoms with van der Waals surface area (Å²) in [6.07, 6.45) is 0. The van der Waals surface area contributed by atoms with Crippen LogP contribution in [0.5, 0.6) is 0 Å². The van der Waals surface area contributed by atoms with Crippen molar-refractivity contribution in [2.45, 2.75) is 19.3 Å². The van der Waals surface area contributed by atoms with Crippen molar-refractivity contribution < 1.29 is 0 Å². The van der Waals surface area contributed by atoms with Crippen LogP contribution >= 0.6 is 0 Å². The summed E-state index contributed by atoms with van der Waals surface area (Å²) in [6, 6.07) is 72.6. The Morgan fingerprint density at radius 2 is 0.881 bits per heavy atom. The molecule has 1 aliphatic carbocycles. The Balaban J connectivity index is 1.17. The summed E-state index contributed by atoms with van der Waals surface area (Å²) >= 11 is 0. The normalized spacial score (nSPS) is 13.1. The first-order chi connectivity index (χ1) is 29.1. The van der Waals surface area contributed by atoms with Crippen LogP contribution in [-0.4, -0.2) is 14.1 Å². The van der Waals surface area contributed by atoms with Gasteiger partial charge in [-0.1, -0.05) is 166 Å². The fraction of sp³-hybridized carbons (Fsp3) is 0.0536. The van der Waals surface area contributed by atoms with Crippen LogP contribution in [0, 0.1) is 0 Å². The summed E-state index contributed by atoms with van der Waals surface area (Å²) in [7, 11) is 0. The van der Waals surface area contributed by atoms with E-state index in [9.17, 15) is 0 Å². The first kappa shape index (κ1) is 33.6. The lowest BCUT2D eigenvalue weighted by Crippen LogP contribution is -2.15. The Morgan fingerprint density at radius 1 is 0.407 bits per heavy atom. The van der Waals surface area contributed by atoms with Gasteiger partial charge in [-0.15, -0.1) is 0 Å². The molecule has 0 unspecified atom stereocenters. The van der Waals surface area contributed by atoms with Gasteiger partial charge < -0.3 is 9.13 Å². The van der Waals surface area contributed by atoms with E-state index in [0.717, 1.165) is 45.0 Å². The molecule has 1 aliphatic rings. The van der Waals surface area contributed by atoms with E-state index in [1.54, 1.807) is 0 Å². The molecule has 12 rings (SSSR count). The van der Waals surface area contributed by atoms with Gasteiger partial charge in [0.1, 0.15) is 0 Å². The summed E-state index contributed by atoms with van der Waals surface area (Å²) in [5.41, 5.74) is 18.8. The first-order valence-electron chi connectivity index (χ1n) is 20.5. The second kappa shape index (κ2) is 12.8. The monoisotopic (exact) mass is 753 g/mol. The molecule has 0 bridgehead atoms. The van der Waals surface area contributed by atoms with E-state index in [-0.39, 0.29) is 5.41 Å².